The highest BCUT2D eigenvalue weighted by atomic mass is 19.4. The molecule has 1 aliphatic heterocycles. The van der Waals surface area contributed by atoms with Crippen LogP contribution in [0.4, 0.5) is 26.3 Å². The van der Waals surface area contributed by atoms with Gasteiger partial charge in [0.05, 0.1) is 17.8 Å². The Bertz CT molecular complexity index is 1200. The summed E-state index contributed by atoms with van der Waals surface area (Å²) < 4.78 is 78.0. The third-order valence-electron chi connectivity index (χ3n) is 6.74. The van der Waals surface area contributed by atoms with Crippen molar-refractivity contribution in [1.29, 1.82) is 0 Å². The number of hydrogen-bond donors (Lipinski definition) is 0. The van der Waals surface area contributed by atoms with Gasteiger partial charge in [-0.05, 0) is 43.7 Å². The molecular weight excluding hydrogens is 528 g/mol. The van der Waals surface area contributed by atoms with Crippen molar-refractivity contribution in [3.8, 4) is 11.3 Å². The maximum atomic E-state index is 13.0. The van der Waals surface area contributed by atoms with Gasteiger partial charge in [0.15, 0.2) is 5.78 Å². The zero-order chi connectivity index (χ0) is 28.8. The van der Waals surface area contributed by atoms with Crippen LogP contribution in [0.1, 0.15) is 63.3 Å². The van der Waals surface area contributed by atoms with Crippen LogP contribution < -0.4 is 5.56 Å². The highest BCUT2D eigenvalue weighted by Crippen LogP contribution is 2.31. The smallest absolute Gasteiger partial charge is 0.343 e. The Hall–Kier alpha value is -3.18. The van der Waals surface area contributed by atoms with Gasteiger partial charge in [0, 0.05) is 50.4 Å². The molecule has 1 fully saturated rings. The van der Waals surface area contributed by atoms with E-state index in [0.717, 1.165) is 41.3 Å². The highest BCUT2D eigenvalue weighted by Gasteiger charge is 2.30. The number of aryl methyl sites for hydroxylation is 1. The number of carbonyl (C=O) groups excluding carboxylic acids is 2. The molecule has 1 aromatic heterocycles. The first kappa shape index (κ1) is 30.4. The third-order valence-corrected chi connectivity index (χ3v) is 6.74. The van der Waals surface area contributed by atoms with Crippen molar-refractivity contribution in [1.82, 2.24) is 14.5 Å². The molecule has 39 heavy (non-hydrogen) atoms. The monoisotopic (exact) mass is 559 g/mol. The summed E-state index contributed by atoms with van der Waals surface area (Å²) >= 11 is 0. The zero-order valence-electron chi connectivity index (χ0n) is 21.6. The summed E-state index contributed by atoms with van der Waals surface area (Å²) in [4.78, 5) is 44.0. The predicted octanol–water partition coefficient (Wildman–Crippen LogP) is 5.81. The van der Waals surface area contributed by atoms with Crippen LogP contribution in [0.15, 0.2) is 35.1 Å². The Morgan fingerprint density at radius 1 is 1.03 bits per heavy atom. The van der Waals surface area contributed by atoms with E-state index in [9.17, 15) is 40.7 Å². The molecule has 2 heterocycles. The van der Waals surface area contributed by atoms with Crippen LogP contribution in [-0.4, -0.2) is 45.4 Å². The number of rotatable bonds is 10. The Morgan fingerprint density at radius 2 is 1.67 bits per heavy atom. The molecule has 1 aromatic carbocycles. The molecule has 3 rings (SSSR count). The Kier molecular flexibility index (Phi) is 9.95. The molecule has 1 amide bonds. The number of nitrogens with zero attached hydrogens (tertiary/aromatic N) is 3. The number of aromatic nitrogens is 2. The molecule has 0 N–H and O–H groups in total. The molecular formula is C27H31F6N3O3. The van der Waals surface area contributed by atoms with E-state index in [-0.39, 0.29) is 60.5 Å². The largest absolute Gasteiger partial charge is 0.416 e. The van der Waals surface area contributed by atoms with E-state index in [0.29, 0.717) is 32.4 Å². The van der Waals surface area contributed by atoms with Gasteiger partial charge in [-0.3, -0.25) is 19.0 Å². The first-order valence-corrected chi connectivity index (χ1v) is 12.9. The van der Waals surface area contributed by atoms with Gasteiger partial charge in [-0.1, -0.05) is 19.1 Å². The van der Waals surface area contributed by atoms with Gasteiger partial charge in [0.25, 0.3) is 5.56 Å². The summed E-state index contributed by atoms with van der Waals surface area (Å²) in [5, 5.41) is 0. The normalized spacial score (nSPS) is 15.0. The summed E-state index contributed by atoms with van der Waals surface area (Å²) in [6.45, 7) is 2.65. The lowest BCUT2D eigenvalue weighted by molar-refractivity contribution is -0.138. The SMILES string of the molecule is CCCC(=O)N1CCC(CC(=O)Cn2c(CCCC(F)(F)F)nc(-c3ccc(C(F)(F)F)cc3)cc2=O)CC1. The van der Waals surface area contributed by atoms with Crippen molar-refractivity contribution >= 4 is 11.7 Å². The standard InChI is InChI=1S/C27H31F6N3O3/c1-2-4-24(38)35-13-10-18(11-14-35)15-21(37)17-36-23(5-3-12-26(28,29)30)34-22(16-25(36)39)19-6-8-20(9-7-19)27(31,32)33/h6-9,16,18H,2-5,10-15,17H2,1H3. The Morgan fingerprint density at radius 3 is 2.23 bits per heavy atom. The number of carbonyl (C=O) groups is 2. The molecule has 12 heteroatoms. The van der Waals surface area contributed by atoms with Crippen LogP contribution in [0.3, 0.4) is 0 Å². The average molecular weight is 560 g/mol. The quantitative estimate of drug-likeness (QED) is 0.345. The van der Waals surface area contributed by atoms with Crippen molar-refractivity contribution in [2.24, 2.45) is 5.92 Å². The van der Waals surface area contributed by atoms with Gasteiger partial charge in [0.1, 0.15) is 5.82 Å². The molecule has 0 unspecified atom stereocenters. The number of alkyl halides is 6. The lowest BCUT2D eigenvalue weighted by Crippen LogP contribution is -2.39. The van der Waals surface area contributed by atoms with Crippen LogP contribution in [-0.2, 0) is 28.7 Å². The van der Waals surface area contributed by atoms with Crippen molar-refractivity contribution < 1.29 is 35.9 Å². The topological polar surface area (TPSA) is 72.3 Å². The number of benzene rings is 1. The van der Waals surface area contributed by atoms with Crippen molar-refractivity contribution in [2.75, 3.05) is 13.1 Å². The van der Waals surface area contributed by atoms with Crippen LogP contribution >= 0.6 is 0 Å². The molecule has 2 aromatic rings. The lowest BCUT2D eigenvalue weighted by Gasteiger charge is -2.31. The molecule has 0 saturated carbocycles. The van der Waals surface area contributed by atoms with Crippen molar-refractivity contribution in [2.45, 2.75) is 77.2 Å². The van der Waals surface area contributed by atoms with Crippen LogP contribution in [0.25, 0.3) is 11.3 Å². The molecule has 214 valence electrons. The first-order chi connectivity index (χ1) is 18.3. The number of likely N-dealkylation sites (tertiary alicyclic amines) is 1. The molecule has 0 aliphatic carbocycles. The number of ketones is 1. The fraction of sp³-hybridized carbons (Fsp3) is 0.556. The molecule has 6 nitrogen and oxygen atoms in total. The highest BCUT2D eigenvalue weighted by molar-refractivity contribution is 5.79. The average Bonchev–Trinajstić information content (AvgIpc) is 2.85. The minimum atomic E-state index is -4.56. The molecule has 0 spiro atoms. The summed E-state index contributed by atoms with van der Waals surface area (Å²) in [5.41, 5.74) is -1.35. The maximum Gasteiger partial charge on any atom is 0.416 e. The van der Waals surface area contributed by atoms with E-state index in [4.69, 9.17) is 0 Å². The fourth-order valence-corrected chi connectivity index (χ4v) is 4.66. The number of amides is 1. The zero-order valence-corrected chi connectivity index (χ0v) is 21.6. The summed E-state index contributed by atoms with van der Waals surface area (Å²) in [5.74, 6) is -0.213. The van der Waals surface area contributed by atoms with E-state index in [1.807, 2.05) is 6.92 Å². The predicted molar refractivity (Wildman–Crippen MR) is 132 cm³/mol. The fourth-order valence-electron chi connectivity index (χ4n) is 4.66. The van der Waals surface area contributed by atoms with Crippen molar-refractivity contribution in [3.05, 3.63) is 52.1 Å². The maximum absolute atomic E-state index is 13.0. The van der Waals surface area contributed by atoms with Gasteiger partial charge in [-0.2, -0.15) is 26.3 Å². The van der Waals surface area contributed by atoms with E-state index < -0.39 is 29.9 Å². The summed E-state index contributed by atoms with van der Waals surface area (Å²) in [7, 11) is 0. The lowest BCUT2D eigenvalue weighted by atomic mass is 9.91. The Labute approximate surface area is 222 Å². The van der Waals surface area contributed by atoms with E-state index >= 15 is 0 Å². The second kappa shape index (κ2) is 12.8. The Balaban J connectivity index is 1.76. The number of piperidine rings is 1. The van der Waals surface area contributed by atoms with E-state index in [1.165, 1.54) is 0 Å². The number of Topliss-reactive ketones (excluding diaryl/α,β-unsaturated/α-hetero) is 1. The second-order valence-corrected chi connectivity index (χ2v) is 9.84. The van der Waals surface area contributed by atoms with Gasteiger partial charge in [-0.25, -0.2) is 4.98 Å². The molecule has 0 atom stereocenters. The number of hydrogen-bond acceptors (Lipinski definition) is 4. The minimum Gasteiger partial charge on any atom is -0.343 e. The van der Waals surface area contributed by atoms with E-state index in [1.54, 1.807) is 4.90 Å². The number of halogens is 6. The van der Waals surface area contributed by atoms with Crippen LogP contribution in [0, 0.1) is 5.92 Å². The van der Waals surface area contributed by atoms with Gasteiger partial charge in [0.2, 0.25) is 5.91 Å². The van der Waals surface area contributed by atoms with Gasteiger partial charge < -0.3 is 4.90 Å². The second-order valence-electron chi connectivity index (χ2n) is 9.84. The first-order valence-electron chi connectivity index (χ1n) is 12.9. The van der Waals surface area contributed by atoms with Crippen LogP contribution in [0.2, 0.25) is 0 Å². The van der Waals surface area contributed by atoms with Crippen molar-refractivity contribution in [3.63, 3.8) is 0 Å². The third kappa shape index (κ3) is 8.93. The minimum absolute atomic E-state index is 0.0172. The van der Waals surface area contributed by atoms with E-state index in [2.05, 4.69) is 4.98 Å². The summed E-state index contributed by atoms with van der Waals surface area (Å²) in [6, 6.07) is 5.00. The molecule has 0 radical (unpaired) electrons. The molecule has 1 aliphatic rings. The van der Waals surface area contributed by atoms with Gasteiger partial charge in [-0.15, -0.1) is 0 Å². The summed E-state index contributed by atoms with van der Waals surface area (Å²) in [6.07, 6.45) is -8.04. The molecule has 1 saturated heterocycles. The van der Waals surface area contributed by atoms with Crippen LogP contribution in [0.5, 0.6) is 0 Å². The van der Waals surface area contributed by atoms with Gasteiger partial charge >= 0.3 is 12.4 Å². The molecule has 0 bridgehead atoms.